The van der Waals surface area contributed by atoms with Crippen LogP contribution in [-0.4, -0.2) is 65.9 Å². The van der Waals surface area contributed by atoms with E-state index in [0.717, 1.165) is 29.7 Å². The summed E-state index contributed by atoms with van der Waals surface area (Å²) in [5.41, 5.74) is 5.24. The zero-order valence-corrected chi connectivity index (χ0v) is 22.2. The van der Waals surface area contributed by atoms with Gasteiger partial charge >= 0.3 is 6.03 Å². The van der Waals surface area contributed by atoms with Crippen LogP contribution in [0.2, 0.25) is 0 Å². The SMILES string of the molecule is Cc1cc(C)cc([C@@H](C)N(C)C(=O)N2CC[C@@H]3CN(C4=NC(=O)CO4)CC3[C@@H]2c2ccc(F)cc2C)c1. The number of carbonyl (C=O) groups excluding carboxylic acids is 2. The lowest BCUT2D eigenvalue weighted by atomic mass is 9.78. The van der Waals surface area contributed by atoms with E-state index in [1.807, 2.05) is 34.7 Å². The lowest BCUT2D eigenvalue weighted by Gasteiger charge is -2.45. The van der Waals surface area contributed by atoms with Crippen LogP contribution in [0.25, 0.3) is 0 Å². The average Bonchev–Trinajstić information content (AvgIpc) is 3.48. The van der Waals surface area contributed by atoms with Crippen molar-refractivity contribution in [3.63, 3.8) is 0 Å². The Morgan fingerprint density at radius 2 is 1.86 bits per heavy atom. The largest absolute Gasteiger partial charge is 0.455 e. The molecule has 2 saturated heterocycles. The van der Waals surface area contributed by atoms with Gasteiger partial charge in [-0.15, -0.1) is 0 Å². The van der Waals surface area contributed by atoms with Crippen LogP contribution in [0.1, 0.15) is 53.2 Å². The monoisotopic (exact) mass is 506 g/mol. The summed E-state index contributed by atoms with van der Waals surface area (Å²) in [6.07, 6.45) is 0.844. The van der Waals surface area contributed by atoms with E-state index in [4.69, 9.17) is 4.74 Å². The molecule has 5 rings (SSSR count). The first-order valence-corrected chi connectivity index (χ1v) is 13.0. The van der Waals surface area contributed by atoms with Crippen molar-refractivity contribution in [1.29, 1.82) is 0 Å². The number of hydrogen-bond donors (Lipinski definition) is 0. The van der Waals surface area contributed by atoms with Gasteiger partial charge in [-0.2, -0.15) is 4.99 Å². The molecule has 0 spiro atoms. The van der Waals surface area contributed by atoms with E-state index in [2.05, 4.69) is 44.0 Å². The zero-order valence-electron chi connectivity index (χ0n) is 22.2. The molecule has 0 N–H and O–H groups in total. The van der Waals surface area contributed by atoms with Gasteiger partial charge in [-0.3, -0.25) is 4.79 Å². The van der Waals surface area contributed by atoms with Crippen molar-refractivity contribution in [3.05, 3.63) is 70.0 Å². The number of nitrogens with zero attached hydrogens (tertiary/aromatic N) is 4. The first-order valence-electron chi connectivity index (χ1n) is 13.0. The summed E-state index contributed by atoms with van der Waals surface area (Å²) in [5, 5.41) is 0. The standard InChI is InChI=1S/C29H35FN4O3/c1-17-10-18(2)12-22(11-17)20(4)32(5)29(36)34-9-8-21-14-33(28-31-26(35)16-37-28)15-25(21)27(34)24-7-6-23(30)13-19(24)3/h6-7,10-13,20-21,25,27H,8-9,14-16H2,1-5H3/t20-,21-,25?,27+/m1/s1. The van der Waals surface area contributed by atoms with Crippen molar-refractivity contribution in [1.82, 2.24) is 14.7 Å². The van der Waals surface area contributed by atoms with Gasteiger partial charge in [-0.1, -0.05) is 35.4 Å². The fourth-order valence-corrected chi connectivity index (χ4v) is 6.28. The molecule has 3 amide bonds. The van der Waals surface area contributed by atoms with Gasteiger partial charge < -0.3 is 19.4 Å². The Hall–Kier alpha value is -3.42. The van der Waals surface area contributed by atoms with Crippen molar-refractivity contribution in [3.8, 4) is 0 Å². The van der Waals surface area contributed by atoms with Crippen LogP contribution in [0.3, 0.4) is 0 Å². The number of carbonyl (C=O) groups is 2. The molecule has 3 heterocycles. The van der Waals surface area contributed by atoms with Gasteiger partial charge in [-0.05, 0) is 68.9 Å². The number of aliphatic imine (C=N–C) groups is 1. The van der Waals surface area contributed by atoms with Crippen LogP contribution < -0.4 is 0 Å². The van der Waals surface area contributed by atoms with E-state index >= 15 is 0 Å². The molecule has 3 aliphatic heterocycles. The molecule has 196 valence electrons. The second-order valence-electron chi connectivity index (χ2n) is 10.8. The first-order chi connectivity index (χ1) is 17.6. The summed E-state index contributed by atoms with van der Waals surface area (Å²) >= 11 is 0. The molecule has 4 atom stereocenters. The Balaban J connectivity index is 1.47. The third-order valence-electron chi connectivity index (χ3n) is 8.19. The van der Waals surface area contributed by atoms with Crippen molar-refractivity contribution >= 4 is 18.0 Å². The molecule has 0 saturated carbocycles. The highest BCUT2D eigenvalue weighted by Crippen LogP contribution is 2.45. The van der Waals surface area contributed by atoms with E-state index in [-0.39, 0.29) is 42.4 Å². The highest BCUT2D eigenvalue weighted by atomic mass is 19.1. The molecule has 0 aromatic heterocycles. The second kappa shape index (κ2) is 9.80. The lowest BCUT2D eigenvalue weighted by molar-refractivity contribution is -0.118. The molecule has 0 radical (unpaired) electrons. The van der Waals surface area contributed by atoms with Crippen LogP contribution >= 0.6 is 0 Å². The number of amides is 3. The number of ether oxygens (including phenoxy) is 1. The van der Waals surface area contributed by atoms with Crippen LogP contribution in [0.15, 0.2) is 41.4 Å². The van der Waals surface area contributed by atoms with E-state index in [0.29, 0.717) is 25.0 Å². The average molecular weight is 507 g/mol. The normalized spacial score (nSPS) is 24.0. The van der Waals surface area contributed by atoms with Gasteiger partial charge in [0.1, 0.15) is 5.82 Å². The van der Waals surface area contributed by atoms with Gasteiger partial charge in [0, 0.05) is 32.6 Å². The number of fused-ring (bicyclic) bond motifs is 1. The molecular formula is C29H35FN4O3. The highest BCUT2D eigenvalue weighted by molar-refractivity contribution is 5.96. The maximum absolute atomic E-state index is 14.1. The maximum atomic E-state index is 14.1. The Labute approximate surface area is 217 Å². The number of rotatable bonds is 3. The molecule has 1 unspecified atom stereocenters. The van der Waals surface area contributed by atoms with Crippen LogP contribution in [0.5, 0.6) is 0 Å². The molecule has 0 aliphatic carbocycles. The molecule has 3 aliphatic rings. The Bertz CT molecular complexity index is 1240. The van der Waals surface area contributed by atoms with Gasteiger partial charge in [-0.25, -0.2) is 9.18 Å². The molecule has 7 nitrogen and oxygen atoms in total. The van der Waals surface area contributed by atoms with Crippen molar-refractivity contribution in [2.45, 2.75) is 46.2 Å². The zero-order chi connectivity index (χ0) is 26.4. The summed E-state index contributed by atoms with van der Waals surface area (Å²) in [6, 6.07) is 11.3. The number of benzene rings is 2. The second-order valence-corrected chi connectivity index (χ2v) is 10.8. The first kappa shape index (κ1) is 25.2. The summed E-state index contributed by atoms with van der Waals surface area (Å²) in [6.45, 7) is 10.0. The Morgan fingerprint density at radius 1 is 1.14 bits per heavy atom. The number of halogens is 1. The fourth-order valence-electron chi connectivity index (χ4n) is 6.28. The minimum absolute atomic E-state index is 0.0204. The quantitative estimate of drug-likeness (QED) is 0.602. The number of piperidine rings is 1. The lowest BCUT2D eigenvalue weighted by Crippen LogP contribution is -2.51. The van der Waals surface area contributed by atoms with E-state index in [1.54, 1.807) is 6.07 Å². The third kappa shape index (κ3) is 4.81. The third-order valence-corrected chi connectivity index (χ3v) is 8.19. The molecular weight excluding hydrogens is 471 g/mol. The van der Waals surface area contributed by atoms with Gasteiger partial charge in [0.25, 0.3) is 11.9 Å². The summed E-state index contributed by atoms with van der Waals surface area (Å²) in [7, 11) is 1.86. The summed E-state index contributed by atoms with van der Waals surface area (Å²) in [5.74, 6) is -0.140. The number of amidine groups is 1. The minimum Gasteiger partial charge on any atom is -0.455 e. The van der Waals surface area contributed by atoms with Gasteiger partial charge in [0.05, 0.1) is 12.1 Å². The molecule has 2 fully saturated rings. The van der Waals surface area contributed by atoms with Crippen LogP contribution in [0, 0.1) is 38.4 Å². The maximum Gasteiger partial charge on any atom is 0.320 e. The Kier molecular flexibility index (Phi) is 6.68. The summed E-state index contributed by atoms with van der Waals surface area (Å²) in [4.78, 5) is 35.6. The van der Waals surface area contributed by atoms with Crippen LogP contribution in [0.4, 0.5) is 9.18 Å². The van der Waals surface area contributed by atoms with Crippen LogP contribution in [-0.2, 0) is 9.53 Å². The fraction of sp³-hybridized carbons (Fsp3) is 0.483. The van der Waals surface area contributed by atoms with Gasteiger partial charge in [0.15, 0.2) is 6.61 Å². The molecule has 2 aromatic carbocycles. The predicted octanol–water partition coefficient (Wildman–Crippen LogP) is 4.77. The van der Waals surface area contributed by atoms with Crippen molar-refractivity contribution in [2.24, 2.45) is 16.8 Å². The molecule has 2 aromatic rings. The van der Waals surface area contributed by atoms with Crippen molar-refractivity contribution in [2.75, 3.05) is 33.3 Å². The highest BCUT2D eigenvalue weighted by Gasteiger charge is 2.48. The number of aryl methyl sites for hydroxylation is 3. The number of likely N-dealkylation sites (tertiary alicyclic amines) is 2. The number of hydrogen-bond acceptors (Lipinski definition) is 4. The minimum atomic E-state index is -0.285. The van der Waals surface area contributed by atoms with E-state index < -0.39 is 0 Å². The Morgan fingerprint density at radius 3 is 2.51 bits per heavy atom. The summed E-state index contributed by atoms with van der Waals surface area (Å²) < 4.78 is 19.6. The smallest absolute Gasteiger partial charge is 0.320 e. The number of urea groups is 1. The van der Waals surface area contributed by atoms with E-state index in [9.17, 15) is 14.0 Å². The molecule has 0 bridgehead atoms. The van der Waals surface area contributed by atoms with Gasteiger partial charge in [0.2, 0.25) is 0 Å². The molecule has 8 heteroatoms. The molecule has 37 heavy (non-hydrogen) atoms. The predicted molar refractivity (Wildman–Crippen MR) is 140 cm³/mol. The van der Waals surface area contributed by atoms with E-state index in [1.165, 1.54) is 17.2 Å². The topological polar surface area (TPSA) is 65.5 Å². The van der Waals surface area contributed by atoms with Crippen molar-refractivity contribution < 1.29 is 18.7 Å².